The van der Waals surface area contributed by atoms with Crippen LogP contribution in [0.5, 0.6) is 0 Å². The van der Waals surface area contributed by atoms with Gasteiger partial charge in [-0.2, -0.15) is 9.19 Å². The second-order valence-electron chi connectivity index (χ2n) is 7.00. The number of aromatic nitrogens is 2. The lowest BCUT2D eigenvalue weighted by Gasteiger charge is -2.33. The average molecular weight is 340 g/mol. The molecule has 1 aromatic heterocycles. The summed E-state index contributed by atoms with van der Waals surface area (Å²) in [4.78, 5) is 2.27. The molecule has 23 heavy (non-hydrogen) atoms. The highest BCUT2D eigenvalue weighted by Gasteiger charge is 2.37. The number of fused-ring (bicyclic) bond motifs is 1. The number of hydrogen-bond donors (Lipinski definition) is 1. The summed E-state index contributed by atoms with van der Waals surface area (Å²) < 4.78 is 32.5. The van der Waals surface area contributed by atoms with Crippen LogP contribution in [-0.4, -0.2) is 53.1 Å². The van der Waals surface area contributed by atoms with Crippen LogP contribution in [0.15, 0.2) is 6.20 Å². The molecule has 0 radical (unpaired) electrons. The molecule has 0 unspecified atom stereocenters. The van der Waals surface area contributed by atoms with Gasteiger partial charge in [-0.15, -0.1) is 0 Å². The van der Waals surface area contributed by atoms with Gasteiger partial charge in [0.1, 0.15) is 0 Å². The zero-order valence-electron chi connectivity index (χ0n) is 13.2. The molecule has 0 aromatic carbocycles. The molecule has 0 amide bonds. The number of nitrogens with zero attached hydrogens (tertiary/aromatic N) is 3. The van der Waals surface area contributed by atoms with Crippen molar-refractivity contribution in [1.29, 1.82) is 0 Å². The third-order valence-corrected chi connectivity index (χ3v) is 7.45. The lowest BCUT2D eigenvalue weighted by molar-refractivity contribution is 0.00502. The highest BCUT2D eigenvalue weighted by atomic mass is 32.2. The first kappa shape index (κ1) is 15.6. The van der Waals surface area contributed by atoms with Gasteiger partial charge < -0.3 is 10.5 Å². The van der Waals surface area contributed by atoms with Gasteiger partial charge in [-0.3, -0.25) is 4.90 Å². The van der Waals surface area contributed by atoms with Crippen LogP contribution >= 0.6 is 0 Å². The van der Waals surface area contributed by atoms with E-state index >= 15 is 0 Å². The molecular formula is C15H24N4O3S. The predicted octanol–water partition coefficient (Wildman–Crippen LogP) is 0.435. The van der Waals surface area contributed by atoms with Gasteiger partial charge in [0.15, 0.2) is 0 Å². The Hall–Kier alpha value is -0.960. The van der Waals surface area contributed by atoms with Crippen molar-refractivity contribution in [3.63, 3.8) is 0 Å². The van der Waals surface area contributed by atoms with Crippen molar-refractivity contribution in [2.45, 2.75) is 62.5 Å². The molecule has 2 fully saturated rings. The van der Waals surface area contributed by atoms with Crippen molar-refractivity contribution >= 4 is 10.0 Å². The molecule has 0 bridgehead atoms. The maximum Gasteiger partial charge on any atom is 0.256 e. The topological polar surface area (TPSA) is 90.4 Å². The fourth-order valence-electron chi connectivity index (χ4n) is 4.05. The summed E-state index contributed by atoms with van der Waals surface area (Å²) in [5.74, 6) is 0. The van der Waals surface area contributed by atoms with Crippen molar-refractivity contribution in [3.05, 3.63) is 17.5 Å². The molecule has 7 nitrogen and oxygen atoms in total. The molecule has 128 valence electrons. The smallest absolute Gasteiger partial charge is 0.256 e. The van der Waals surface area contributed by atoms with E-state index in [2.05, 4.69) is 10.00 Å². The van der Waals surface area contributed by atoms with Crippen molar-refractivity contribution in [1.82, 2.24) is 14.1 Å². The van der Waals surface area contributed by atoms with Crippen molar-refractivity contribution < 1.29 is 13.2 Å². The molecule has 3 heterocycles. The summed E-state index contributed by atoms with van der Waals surface area (Å²) in [5.41, 5.74) is 7.84. The Morgan fingerprint density at radius 2 is 2.00 bits per heavy atom. The van der Waals surface area contributed by atoms with Crippen LogP contribution in [0.3, 0.4) is 0 Å². The minimum absolute atomic E-state index is 0.0659. The Balaban J connectivity index is 1.55. The molecule has 3 aliphatic rings. The Morgan fingerprint density at radius 3 is 2.74 bits per heavy atom. The summed E-state index contributed by atoms with van der Waals surface area (Å²) in [6.07, 6.45) is 6.12. The summed E-state index contributed by atoms with van der Waals surface area (Å²) in [6.45, 7) is 2.63. The van der Waals surface area contributed by atoms with Crippen LogP contribution in [0, 0.1) is 0 Å². The van der Waals surface area contributed by atoms with Crippen LogP contribution in [0.25, 0.3) is 0 Å². The van der Waals surface area contributed by atoms with Gasteiger partial charge in [-0.05, 0) is 19.3 Å². The number of hydrogen-bond acceptors (Lipinski definition) is 6. The summed E-state index contributed by atoms with van der Waals surface area (Å²) in [6, 6.07) is 0.324. The maximum absolute atomic E-state index is 12.8. The summed E-state index contributed by atoms with van der Waals surface area (Å²) >= 11 is 0. The third kappa shape index (κ3) is 2.71. The van der Waals surface area contributed by atoms with E-state index in [0.29, 0.717) is 19.8 Å². The van der Waals surface area contributed by atoms with Crippen molar-refractivity contribution in [2.75, 3.05) is 13.2 Å². The summed E-state index contributed by atoms with van der Waals surface area (Å²) in [5, 5.41) is 3.92. The molecule has 1 aliphatic carbocycles. The second kappa shape index (κ2) is 5.84. The van der Waals surface area contributed by atoms with Gasteiger partial charge in [0.25, 0.3) is 10.0 Å². The fraction of sp³-hybridized carbons (Fsp3) is 0.800. The predicted molar refractivity (Wildman–Crippen MR) is 85.2 cm³/mol. The first-order valence-electron chi connectivity index (χ1n) is 8.43. The molecule has 2 N–H and O–H groups in total. The van der Waals surface area contributed by atoms with Gasteiger partial charge >= 0.3 is 0 Å². The number of nitrogens with two attached hydrogens (primary N) is 1. The van der Waals surface area contributed by atoms with E-state index in [9.17, 15) is 8.42 Å². The highest BCUT2D eigenvalue weighted by molar-refractivity contribution is 7.90. The van der Waals surface area contributed by atoms with E-state index in [0.717, 1.165) is 49.9 Å². The van der Waals surface area contributed by atoms with E-state index in [1.807, 2.05) is 0 Å². The molecule has 1 saturated carbocycles. The first-order chi connectivity index (χ1) is 11.1. The largest absolute Gasteiger partial charge is 0.378 e. The van der Waals surface area contributed by atoms with Crippen LogP contribution in [0.1, 0.15) is 43.4 Å². The Labute approximate surface area is 136 Å². The molecular weight excluding hydrogens is 316 g/mol. The SMILES string of the molecule is N[C@@H]1COC[C@H](N2Cc3cnn(S(=O)(=O)C4CCCC4)c3C2)C1. The molecule has 0 spiro atoms. The zero-order valence-corrected chi connectivity index (χ0v) is 14.0. The van der Waals surface area contributed by atoms with Gasteiger partial charge in [0, 0.05) is 30.7 Å². The fourth-order valence-corrected chi connectivity index (χ4v) is 5.92. The lowest BCUT2D eigenvalue weighted by Crippen LogP contribution is -2.46. The molecule has 1 saturated heterocycles. The van der Waals surface area contributed by atoms with Gasteiger partial charge in [-0.1, -0.05) is 12.8 Å². The quantitative estimate of drug-likeness (QED) is 0.858. The van der Waals surface area contributed by atoms with E-state index in [1.54, 1.807) is 6.20 Å². The van der Waals surface area contributed by atoms with Crippen LogP contribution in [0.4, 0.5) is 0 Å². The third-order valence-electron chi connectivity index (χ3n) is 5.34. The molecule has 8 heteroatoms. The Morgan fingerprint density at radius 1 is 1.22 bits per heavy atom. The Bertz CT molecular complexity index is 681. The summed E-state index contributed by atoms with van der Waals surface area (Å²) in [7, 11) is -3.36. The second-order valence-corrected chi connectivity index (χ2v) is 9.05. The van der Waals surface area contributed by atoms with Gasteiger partial charge in [-0.25, -0.2) is 8.42 Å². The number of ether oxygens (including phenoxy) is 1. The molecule has 2 aliphatic heterocycles. The minimum Gasteiger partial charge on any atom is -0.378 e. The van der Waals surface area contributed by atoms with Crippen LogP contribution in [-0.2, 0) is 27.8 Å². The van der Waals surface area contributed by atoms with Gasteiger partial charge in [0.05, 0.1) is 30.4 Å². The molecule has 1 aromatic rings. The number of rotatable bonds is 3. The van der Waals surface area contributed by atoms with Crippen LogP contribution < -0.4 is 5.73 Å². The van der Waals surface area contributed by atoms with E-state index < -0.39 is 10.0 Å². The molecule has 4 rings (SSSR count). The van der Waals surface area contributed by atoms with Gasteiger partial charge in [0.2, 0.25) is 0 Å². The highest BCUT2D eigenvalue weighted by Crippen LogP contribution is 2.31. The maximum atomic E-state index is 12.8. The Kier molecular flexibility index (Phi) is 3.95. The van der Waals surface area contributed by atoms with Crippen molar-refractivity contribution in [3.8, 4) is 0 Å². The normalized spacial score (nSPS) is 30.0. The molecule has 2 atom stereocenters. The van der Waals surface area contributed by atoms with E-state index in [1.165, 1.54) is 4.09 Å². The standard InChI is InChI=1S/C15H24N4O3S/c16-12-5-13(10-22-9-12)18-7-11-6-17-19(15(11)8-18)23(20,21)14-3-1-2-4-14/h6,12-14H,1-5,7-10,16H2/t12-,13+/m0/s1. The van der Waals surface area contributed by atoms with Crippen molar-refractivity contribution in [2.24, 2.45) is 5.73 Å². The first-order valence-corrected chi connectivity index (χ1v) is 9.93. The average Bonchev–Trinajstić information content (AvgIpc) is 3.23. The monoisotopic (exact) mass is 340 g/mol. The van der Waals surface area contributed by atoms with E-state index in [4.69, 9.17) is 10.5 Å². The zero-order chi connectivity index (χ0) is 16.0. The van der Waals surface area contributed by atoms with E-state index in [-0.39, 0.29) is 17.3 Å². The minimum atomic E-state index is -3.36. The van der Waals surface area contributed by atoms with Crippen LogP contribution in [0.2, 0.25) is 0 Å². The lowest BCUT2D eigenvalue weighted by atomic mass is 10.1.